The van der Waals surface area contributed by atoms with Gasteiger partial charge in [0.15, 0.2) is 0 Å². The SMILES string of the molecule is Cc1cc(CC(=O)[O-])n(C)c1C(=O)c1ccc(Cl)cc1.Cc1cc(CC(=O)[O-])n(C)c1C(=O)c1ccc(Cl)cc1.[Ba+2]. The van der Waals surface area contributed by atoms with Crippen LogP contribution in [-0.4, -0.2) is 81.5 Å². The van der Waals surface area contributed by atoms with Crippen LogP contribution in [0.2, 0.25) is 10.0 Å². The Morgan fingerprint density at radius 2 is 0.927 bits per heavy atom. The summed E-state index contributed by atoms with van der Waals surface area (Å²) in [6, 6.07) is 16.6. The van der Waals surface area contributed by atoms with Gasteiger partial charge in [0.1, 0.15) is 0 Å². The van der Waals surface area contributed by atoms with E-state index in [1.165, 1.54) is 0 Å². The van der Waals surface area contributed by atoms with Crippen LogP contribution in [0.5, 0.6) is 0 Å². The summed E-state index contributed by atoms with van der Waals surface area (Å²) in [7, 11) is 3.35. The maximum atomic E-state index is 12.5. The van der Waals surface area contributed by atoms with Crippen molar-refractivity contribution >= 4 is 95.6 Å². The van der Waals surface area contributed by atoms with E-state index in [0.29, 0.717) is 43.9 Å². The van der Waals surface area contributed by atoms with Gasteiger partial charge in [0.25, 0.3) is 0 Å². The Kier molecular flexibility index (Phi) is 12.7. The van der Waals surface area contributed by atoms with Gasteiger partial charge in [-0.15, -0.1) is 0 Å². The minimum Gasteiger partial charge on any atom is -0.550 e. The second-order valence-corrected chi connectivity index (χ2v) is 10.1. The summed E-state index contributed by atoms with van der Waals surface area (Å²) in [4.78, 5) is 46.3. The molecule has 2 heterocycles. The summed E-state index contributed by atoms with van der Waals surface area (Å²) in [5.41, 5.74) is 4.54. The summed E-state index contributed by atoms with van der Waals surface area (Å²) in [5.74, 6) is -2.66. The zero-order chi connectivity index (χ0) is 29.7. The fraction of sp³-hybridized carbons (Fsp3) is 0.200. The number of benzene rings is 2. The second-order valence-electron chi connectivity index (χ2n) is 9.22. The van der Waals surface area contributed by atoms with Crippen molar-refractivity contribution < 1.29 is 29.4 Å². The minimum absolute atomic E-state index is 0. The normalized spacial score (nSPS) is 10.3. The molecule has 0 saturated carbocycles. The molecule has 4 aromatic rings. The van der Waals surface area contributed by atoms with Crippen LogP contribution in [0.1, 0.15) is 54.6 Å². The number of rotatable bonds is 8. The van der Waals surface area contributed by atoms with Crippen LogP contribution >= 0.6 is 23.2 Å². The first-order valence-electron chi connectivity index (χ1n) is 12.1. The summed E-state index contributed by atoms with van der Waals surface area (Å²) in [6.45, 7) is 3.56. The van der Waals surface area contributed by atoms with Gasteiger partial charge in [0, 0.05) is 71.4 Å². The van der Waals surface area contributed by atoms with Gasteiger partial charge in [-0.05, 0) is 85.6 Å². The Labute approximate surface area is 288 Å². The van der Waals surface area contributed by atoms with Crippen LogP contribution < -0.4 is 10.2 Å². The number of carbonyl (C=O) groups excluding carboxylic acids is 4. The number of hydrogen-bond acceptors (Lipinski definition) is 6. The van der Waals surface area contributed by atoms with Crippen molar-refractivity contribution in [2.45, 2.75) is 26.7 Å². The number of nitrogens with zero attached hydrogens (tertiary/aromatic N) is 2. The van der Waals surface area contributed by atoms with E-state index in [0.717, 1.165) is 11.1 Å². The van der Waals surface area contributed by atoms with Gasteiger partial charge in [-0.2, -0.15) is 0 Å². The molecule has 0 unspecified atom stereocenters. The van der Waals surface area contributed by atoms with Crippen molar-refractivity contribution in [1.82, 2.24) is 9.13 Å². The number of ketones is 2. The molecule has 11 heteroatoms. The molecular weight excluding hydrogens is 693 g/mol. The van der Waals surface area contributed by atoms with E-state index in [2.05, 4.69) is 0 Å². The van der Waals surface area contributed by atoms with Gasteiger partial charge in [-0.1, -0.05) is 23.2 Å². The van der Waals surface area contributed by atoms with E-state index in [1.807, 2.05) is 0 Å². The van der Waals surface area contributed by atoms with E-state index in [-0.39, 0.29) is 73.3 Å². The molecule has 41 heavy (non-hydrogen) atoms. The zero-order valence-corrected chi connectivity index (χ0v) is 28.9. The molecule has 0 N–H and O–H groups in total. The predicted octanol–water partition coefficient (Wildman–Crippen LogP) is 2.64. The van der Waals surface area contributed by atoms with Crippen molar-refractivity contribution in [2.24, 2.45) is 14.1 Å². The average molecular weight is 719 g/mol. The summed E-state index contributed by atoms with van der Waals surface area (Å²) in [6.07, 6.45) is -0.434. The largest absolute Gasteiger partial charge is 2.00 e. The number of halogens is 2. The van der Waals surface area contributed by atoms with Crippen molar-refractivity contribution in [3.8, 4) is 0 Å². The zero-order valence-electron chi connectivity index (χ0n) is 23.0. The maximum Gasteiger partial charge on any atom is 2.00 e. The van der Waals surface area contributed by atoms with Gasteiger partial charge in [0.2, 0.25) is 11.6 Å². The molecular formula is C30H26BaCl2N2O6. The Bertz CT molecular complexity index is 1470. The van der Waals surface area contributed by atoms with E-state index in [1.54, 1.807) is 97.7 Å². The van der Waals surface area contributed by atoms with Gasteiger partial charge >= 0.3 is 48.9 Å². The fourth-order valence-corrected chi connectivity index (χ4v) is 4.67. The van der Waals surface area contributed by atoms with Gasteiger partial charge in [0.05, 0.1) is 11.4 Å². The molecule has 0 bridgehead atoms. The van der Waals surface area contributed by atoms with Crippen molar-refractivity contribution in [3.63, 3.8) is 0 Å². The molecule has 0 aliphatic carbocycles. The molecule has 0 saturated heterocycles. The standard InChI is InChI=1S/2C15H14ClNO3.Ba/c2*1-9-7-12(8-13(18)19)17(2)14(9)15(20)10-3-5-11(16)6-4-10;/h2*3-7H,8H2,1-2H3,(H,18,19);/q;;+2/p-2. The molecule has 4 rings (SSSR count). The predicted molar refractivity (Wildman–Crippen MR) is 153 cm³/mol. The van der Waals surface area contributed by atoms with Gasteiger partial charge < -0.3 is 28.9 Å². The Morgan fingerprint density at radius 3 is 1.20 bits per heavy atom. The first kappa shape index (κ1) is 34.6. The molecule has 0 spiro atoms. The summed E-state index contributed by atoms with van der Waals surface area (Å²) < 4.78 is 3.20. The monoisotopic (exact) mass is 718 g/mol. The summed E-state index contributed by atoms with van der Waals surface area (Å²) in [5, 5.41) is 22.5. The van der Waals surface area contributed by atoms with E-state index < -0.39 is 11.9 Å². The average Bonchev–Trinajstić information content (AvgIpc) is 3.31. The number of aliphatic carboxylic acids is 2. The third-order valence-electron chi connectivity index (χ3n) is 6.34. The number of carbonyl (C=O) groups is 4. The number of carboxylic acids is 2. The van der Waals surface area contributed by atoms with Crippen LogP contribution in [0.15, 0.2) is 60.7 Å². The fourth-order valence-electron chi connectivity index (χ4n) is 4.42. The number of aromatic nitrogens is 2. The van der Waals surface area contributed by atoms with Crippen molar-refractivity contribution in [3.05, 3.63) is 116 Å². The van der Waals surface area contributed by atoms with Crippen LogP contribution in [0.3, 0.4) is 0 Å². The van der Waals surface area contributed by atoms with Crippen molar-refractivity contribution in [2.75, 3.05) is 0 Å². The molecule has 0 radical (unpaired) electrons. The van der Waals surface area contributed by atoms with Gasteiger partial charge in [-0.25, -0.2) is 0 Å². The molecule has 0 fully saturated rings. The molecule has 0 aliphatic heterocycles. The third-order valence-corrected chi connectivity index (χ3v) is 6.84. The Balaban J connectivity index is 0.000000280. The number of carboxylic acid groups (broad SMARTS) is 2. The Morgan fingerprint density at radius 1 is 0.634 bits per heavy atom. The van der Waals surface area contributed by atoms with Crippen molar-refractivity contribution in [1.29, 1.82) is 0 Å². The topological polar surface area (TPSA) is 124 Å². The van der Waals surface area contributed by atoms with E-state index in [9.17, 15) is 29.4 Å². The third kappa shape index (κ3) is 8.71. The number of aryl methyl sites for hydroxylation is 2. The molecule has 0 amide bonds. The maximum absolute atomic E-state index is 12.5. The molecule has 208 valence electrons. The molecule has 0 aliphatic rings. The second kappa shape index (κ2) is 15.1. The van der Waals surface area contributed by atoms with E-state index >= 15 is 0 Å². The van der Waals surface area contributed by atoms with Crippen LogP contribution in [0.4, 0.5) is 0 Å². The van der Waals surface area contributed by atoms with Crippen LogP contribution in [-0.2, 0) is 36.5 Å². The van der Waals surface area contributed by atoms with Gasteiger partial charge in [-0.3, -0.25) is 9.59 Å². The van der Waals surface area contributed by atoms with Crippen LogP contribution in [0, 0.1) is 13.8 Å². The summed E-state index contributed by atoms with van der Waals surface area (Å²) >= 11 is 11.6. The van der Waals surface area contributed by atoms with E-state index in [4.69, 9.17) is 23.2 Å². The smallest absolute Gasteiger partial charge is 0.550 e. The first-order chi connectivity index (χ1) is 18.8. The quantitative estimate of drug-likeness (QED) is 0.204. The molecule has 2 aromatic carbocycles. The number of hydrogen-bond donors (Lipinski definition) is 0. The molecule has 0 atom stereocenters. The first-order valence-corrected chi connectivity index (χ1v) is 12.9. The molecule has 8 nitrogen and oxygen atoms in total. The Hall–Kier alpha value is -2.57. The minimum atomic E-state index is -1.17. The van der Waals surface area contributed by atoms with Crippen LogP contribution in [0.25, 0.3) is 0 Å². The molecule has 2 aromatic heterocycles.